The van der Waals surface area contributed by atoms with Crippen LogP contribution < -0.4 is 16.4 Å². The largest absolute Gasteiger partial charge is 0.382 e. The molecule has 4 N–H and O–H groups in total. The van der Waals surface area contributed by atoms with Crippen molar-refractivity contribution in [3.8, 4) is 11.3 Å². The quantitative estimate of drug-likeness (QED) is 0.575. The number of aromatic nitrogens is 2. The van der Waals surface area contributed by atoms with Gasteiger partial charge in [-0.1, -0.05) is 43.0 Å². The third kappa shape index (κ3) is 4.83. The number of carbonyl (C=O) groups excluding carboxylic acids is 1. The van der Waals surface area contributed by atoms with E-state index in [1.165, 1.54) is 19.3 Å². The van der Waals surface area contributed by atoms with E-state index in [0.29, 0.717) is 24.3 Å². The minimum atomic E-state index is -0.390. The maximum atomic E-state index is 14.1. The molecular weight excluding hydrogens is 369 g/mol. The third-order valence-electron chi connectivity index (χ3n) is 4.42. The van der Waals surface area contributed by atoms with Crippen LogP contribution in [0.25, 0.3) is 17.3 Å². The lowest BCUT2D eigenvalue weighted by molar-refractivity contribution is 0.0959. The number of nitrogens with one attached hydrogen (secondary N) is 2. The van der Waals surface area contributed by atoms with Crippen LogP contribution in [0.2, 0.25) is 0 Å². The molecule has 0 saturated carbocycles. The van der Waals surface area contributed by atoms with Crippen LogP contribution in [0.5, 0.6) is 0 Å². The van der Waals surface area contributed by atoms with Crippen molar-refractivity contribution >= 4 is 17.8 Å². The van der Waals surface area contributed by atoms with Gasteiger partial charge in [0.25, 0.3) is 5.91 Å². The van der Waals surface area contributed by atoms with Crippen LogP contribution in [0.1, 0.15) is 27.2 Å². The molecule has 1 amide bonds. The molecule has 7 heteroatoms. The van der Waals surface area contributed by atoms with E-state index in [9.17, 15) is 9.18 Å². The smallest absolute Gasteiger partial charge is 0.273 e. The number of rotatable bonds is 7. The van der Waals surface area contributed by atoms with Crippen LogP contribution in [0.15, 0.2) is 55.2 Å². The highest BCUT2D eigenvalue weighted by atomic mass is 19.1. The average Bonchev–Trinajstić information content (AvgIpc) is 2.74. The van der Waals surface area contributed by atoms with Crippen molar-refractivity contribution in [2.24, 2.45) is 0 Å². The van der Waals surface area contributed by atoms with E-state index in [1.807, 2.05) is 30.3 Å². The zero-order valence-corrected chi connectivity index (χ0v) is 16.1. The first-order valence-electron chi connectivity index (χ1n) is 9.07. The number of nitrogen functional groups attached to an aromatic ring is 1. The molecule has 0 saturated heterocycles. The van der Waals surface area contributed by atoms with Gasteiger partial charge < -0.3 is 16.4 Å². The average molecular weight is 391 g/mol. The lowest BCUT2D eigenvalue weighted by atomic mass is 10.1. The fraction of sp³-hybridized carbons (Fsp3) is 0.136. The topological polar surface area (TPSA) is 92.9 Å². The Balaban J connectivity index is 1.72. The molecule has 3 aromatic rings. The molecule has 0 aliphatic heterocycles. The zero-order chi connectivity index (χ0) is 20.8. The summed E-state index contributed by atoms with van der Waals surface area (Å²) in [4.78, 5) is 20.3. The summed E-state index contributed by atoms with van der Waals surface area (Å²) < 4.78 is 14.1. The van der Waals surface area contributed by atoms with E-state index in [2.05, 4.69) is 27.2 Å². The molecule has 2 aromatic carbocycles. The van der Waals surface area contributed by atoms with Gasteiger partial charge in [0.15, 0.2) is 11.5 Å². The molecule has 0 aliphatic rings. The predicted molar refractivity (Wildman–Crippen MR) is 112 cm³/mol. The Hall–Kier alpha value is -3.58. The summed E-state index contributed by atoms with van der Waals surface area (Å²) in [5.74, 6) is -0.572. The number of amides is 1. The highest BCUT2D eigenvalue weighted by Gasteiger charge is 2.13. The lowest BCUT2D eigenvalue weighted by Gasteiger charge is -2.09. The number of halogens is 1. The summed E-state index contributed by atoms with van der Waals surface area (Å²) in [7, 11) is 1.51. The molecule has 1 aromatic heterocycles. The molecule has 0 bridgehead atoms. The van der Waals surface area contributed by atoms with Gasteiger partial charge in [-0.05, 0) is 23.3 Å². The Labute approximate surface area is 168 Å². The molecule has 0 unspecified atom stereocenters. The molecular formula is C22H22FN5O. The monoisotopic (exact) mass is 391 g/mol. The van der Waals surface area contributed by atoms with Crippen molar-refractivity contribution in [3.05, 3.63) is 83.4 Å². The lowest BCUT2D eigenvalue weighted by Crippen LogP contribution is -2.21. The van der Waals surface area contributed by atoms with Crippen LogP contribution in [-0.4, -0.2) is 22.9 Å². The van der Waals surface area contributed by atoms with Crippen LogP contribution in [0.4, 0.5) is 10.2 Å². The molecule has 6 nitrogen and oxygen atoms in total. The van der Waals surface area contributed by atoms with E-state index in [1.54, 1.807) is 12.1 Å². The third-order valence-corrected chi connectivity index (χ3v) is 4.42. The van der Waals surface area contributed by atoms with E-state index < -0.39 is 0 Å². The van der Waals surface area contributed by atoms with E-state index in [-0.39, 0.29) is 23.2 Å². The fourth-order valence-electron chi connectivity index (χ4n) is 2.84. The van der Waals surface area contributed by atoms with Crippen molar-refractivity contribution in [3.63, 3.8) is 0 Å². The second kappa shape index (κ2) is 9.07. The molecule has 1 heterocycles. The summed E-state index contributed by atoms with van der Waals surface area (Å²) in [5, 5.41) is 5.74. The molecule has 29 heavy (non-hydrogen) atoms. The first kappa shape index (κ1) is 20.2. The molecule has 0 radical (unpaired) electrons. The first-order chi connectivity index (χ1) is 14.0. The SMILES string of the molecule is C=Cc1ccc(CNCc2cccc(-c3cnc(N)c(C(=O)NC)n3)c2)c(F)c1. The zero-order valence-electron chi connectivity index (χ0n) is 16.1. The predicted octanol–water partition coefficient (Wildman–Crippen LogP) is 3.16. The summed E-state index contributed by atoms with van der Waals surface area (Å²) in [6, 6.07) is 12.7. The van der Waals surface area contributed by atoms with E-state index in [4.69, 9.17) is 5.73 Å². The highest BCUT2D eigenvalue weighted by molar-refractivity contribution is 5.96. The number of hydrogen-bond acceptors (Lipinski definition) is 5. The standard InChI is InChI=1S/C22H22FN5O/c1-3-14-7-8-17(18(23)10-14)12-26-11-15-5-4-6-16(9-15)19-13-27-21(24)20(28-19)22(29)25-2/h3-10,13,26H,1,11-12H2,2H3,(H2,24,27)(H,25,29). The van der Waals surface area contributed by atoms with Gasteiger partial charge in [-0.15, -0.1) is 0 Å². The maximum Gasteiger partial charge on any atom is 0.273 e. The maximum absolute atomic E-state index is 14.1. The van der Waals surface area contributed by atoms with Crippen molar-refractivity contribution in [1.82, 2.24) is 20.6 Å². The minimum absolute atomic E-state index is 0.0791. The van der Waals surface area contributed by atoms with Gasteiger partial charge in [-0.2, -0.15) is 0 Å². The number of anilines is 1. The van der Waals surface area contributed by atoms with Gasteiger partial charge in [0.1, 0.15) is 5.82 Å². The molecule has 0 fully saturated rings. The van der Waals surface area contributed by atoms with Gasteiger partial charge in [0, 0.05) is 31.3 Å². The van der Waals surface area contributed by atoms with Gasteiger partial charge in [-0.3, -0.25) is 4.79 Å². The molecule has 0 atom stereocenters. The number of benzene rings is 2. The van der Waals surface area contributed by atoms with Gasteiger partial charge >= 0.3 is 0 Å². The van der Waals surface area contributed by atoms with E-state index >= 15 is 0 Å². The number of nitrogens with zero attached hydrogens (tertiary/aromatic N) is 2. The number of nitrogens with two attached hydrogens (primary N) is 1. The van der Waals surface area contributed by atoms with E-state index in [0.717, 1.165) is 16.7 Å². The van der Waals surface area contributed by atoms with Crippen molar-refractivity contribution in [1.29, 1.82) is 0 Å². The van der Waals surface area contributed by atoms with Crippen LogP contribution >= 0.6 is 0 Å². The van der Waals surface area contributed by atoms with Gasteiger partial charge in [0.2, 0.25) is 0 Å². The summed E-state index contributed by atoms with van der Waals surface area (Å²) in [6.45, 7) is 4.58. The Bertz CT molecular complexity index is 1050. The second-order valence-electron chi connectivity index (χ2n) is 6.43. The highest BCUT2D eigenvalue weighted by Crippen LogP contribution is 2.20. The summed E-state index contributed by atoms with van der Waals surface area (Å²) in [5.41, 5.74) is 9.52. The van der Waals surface area contributed by atoms with Crippen LogP contribution in [0.3, 0.4) is 0 Å². The minimum Gasteiger partial charge on any atom is -0.382 e. The molecule has 0 spiro atoms. The summed E-state index contributed by atoms with van der Waals surface area (Å²) >= 11 is 0. The summed E-state index contributed by atoms with van der Waals surface area (Å²) in [6.07, 6.45) is 3.15. The Morgan fingerprint density at radius 3 is 2.79 bits per heavy atom. The van der Waals surface area contributed by atoms with Crippen LogP contribution in [-0.2, 0) is 13.1 Å². The Morgan fingerprint density at radius 1 is 1.24 bits per heavy atom. The molecule has 3 rings (SSSR count). The first-order valence-corrected chi connectivity index (χ1v) is 9.07. The molecule has 0 aliphatic carbocycles. The van der Waals surface area contributed by atoms with Crippen molar-refractivity contribution < 1.29 is 9.18 Å². The number of hydrogen-bond donors (Lipinski definition) is 3. The fourth-order valence-corrected chi connectivity index (χ4v) is 2.84. The van der Waals surface area contributed by atoms with Crippen LogP contribution in [0, 0.1) is 5.82 Å². The normalized spacial score (nSPS) is 10.6. The second-order valence-corrected chi connectivity index (χ2v) is 6.43. The van der Waals surface area contributed by atoms with Gasteiger partial charge in [0.05, 0.1) is 11.9 Å². The Morgan fingerprint density at radius 2 is 2.07 bits per heavy atom. The van der Waals surface area contributed by atoms with Gasteiger partial charge in [-0.25, -0.2) is 14.4 Å². The van der Waals surface area contributed by atoms with Crippen molar-refractivity contribution in [2.75, 3.05) is 12.8 Å². The number of carbonyl (C=O) groups is 1. The van der Waals surface area contributed by atoms with Crippen molar-refractivity contribution in [2.45, 2.75) is 13.1 Å². The molecule has 148 valence electrons. The Kier molecular flexibility index (Phi) is 6.31.